The third kappa shape index (κ3) is 2.30. The van der Waals surface area contributed by atoms with Gasteiger partial charge in [-0.1, -0.05) is 22.0 Å². The Morgan fingerprint density at radius 2 is 2.00 bits per heavy atom. The molecule has 22 heavy (non-hydrogen) atoms. The van der Waals surface area contributed by atoms with E-state index in [0.717, 1.165) is 21.3 Å². The predicted molar refractivity (Wildman–Crippen MR) is 86.1 cm³/mol. The zero-order valence-electron chi connectivity index (χ0n) is 13.2. The third-order valence-electron chi connectivity index (χ3n) is 5.00. The number of ketones is 1. The fraction of sp³-hybridized carbons (Fsp3) is 0.588. The van der Waals surface area contributed by atoms with Gasteiger partial charge in [-0.05, 0) is 37.5 Å². The van der Waals surface area contributed by atoms with E-state index in [1.165, 1.54) is 0 Å². The molecule has 0 aromatic heterocycles. The maximum atomic E-state index is 12.6. The maximum Gasteiger partial charge on any atom is 0.181 e. The Morgan fingerprint density at radius 3 is 2.64 bits per heavy atom. The first kappa shape index (κ1) is 16.0. The van der Waals surface area contributed by atoms with Crippen LogP contribution in [0.3, 0.4) is 0 Å². The van der Waals surface area contributed by atoms with E-state index in [0.29, 0.717) is 32.5 Å². The van der Waals surface area contributed by atoms with Crippen LogP contribution in [0.2, 0.25) is 0 Å². The van der Waals surface area contributed by atoms with E-state index < -0.39 is 11.2 Å². The van der Waals surface area contributed by atoms with Crippen LogP contribution in [0.1, 0.15) is 30.9 Å². The van der Waals surface area contributed by atoms with Gasteiger partial charge >= 0.3 is 0 Å². The fourth-order valence-electron chi connectivity index (χ4n) is 3.65. The van der Waals surface area contributed by atoms with Crippen molar-refractivity contribution < 1.29 is 19.0 Å². The molecule has 1 aliphatic carbocycles. The number of carbonyl (C=O) groups is 1. The van der Waals surface area contributed by atoms with Crippen LogP contribution in [-0.2, 0) is 20.7 Å². The van der Waals surface area contributed by atoms with Crippen molar-refractivity contribution >= 4 is 21.7 Å². The molecule has 1 saturated carbocycles. The molecule has 0 N–H and O–H groups in total. The second-order valence-electron chi connectivity index (χ2n) is 6.30. The van der Waals surface area contributed by atoms with Crippen molar-refractivity contribution in [2.45, 2.75) is 38.9 Å². The maximum absolute atomic E-state index is 12.6. The van der Waals surface area contributed by atoms with Gasteiger partial charge in [-0.25, -0.2) is 0 Å². The molecule has 2 aliphatic rings. The van der Waals surface area contributed by atoms with Crippen molar-refractivity contribution in [1.82, 2.24) is 0 Å². The molecule has 3 rings (SSSR count). The van der Waals surface area contributed by atoms with Gasteiger partial charge in [0, 0.05) is 17.3 Å². The lowest BCUT2D eigenvalue weighted by Gasteiger charge is -2.38. The van der Waals surface area contributed by atoms with Crippen LogP contribution in [0.25, 0.3) is 0 Å². The van der Waals surface area contributed by atoms with Crippen molar-refractivity contribution in [2.24, 2.45) is 5.41 Å². The quantitative estimate of drug-likeness (QED) is 0.819. The first-order chi connectivity index (χ1) is 10.4. The Bertz CT molecular complexity index is 607. The normalized spacial score (nSPS) is 26.8. The van der Waals surface area contributed by atoms with Gasteiger partial charge in [-0.2, -0.15) is 0 Å². The number of rotatable bonds is 3. The number of hydrogen-bond acceptors (Lipinski definition) is 4. The number of methoxy groups -OCH3 is 1. The molecule has 1 atom stereocenters. The van der Waals surface area contributed by atoms with E-state index in [4.69, 9.17) is 14.2 Å². The highest BCUT2D eigenvalue weighted by atomic mass is 79.9. The first-order valence-electron chi connectivity index (χ1n) is 7.56. The number of ether oxygens (including phenoxy) is 3. The molecule has 1 aliphatic heterocycles. The summed E-state index contributed by atoms with van der Waals surface area (Å²) in [5.41, 5.74) is 1.49. The van der Waals surface area contributed by atoms with Crippen LogP contribution >= 0.6 is 15.9 Å². The Kier molecular flexibility index (Phi) is 4.08. The minimum Gasteiger partial charge on any atom is -0.496 e. The summed E-state index contributed by atoms with van der Waals surface area (Å²) < 4.78 is 18.1. The number of Topliss-reactive ketones (excluding diaryl/α,β-unsaturated/α-hetero) is 1. The van der Waals surface area contributed by atoms with Gasteiger partial charge in [0.2, 0.25) is 0 Å². The lowest BCUT2D eigenvalue weighted by atomic mass is 9.77. The SMILES string of the molecule is COc1cc(Br)c(CC2(C)C(=O)CCC23OCCO3)cc1C. The summed E-state index contributed by atoms with van der Waals surface area (Å²) >= 11 is 3.60. The largest absolute Gasteiger partial charge is 0.496 e. The Balaban J connectivity index is 1.97. The second-order valence-corrected chi connectivity index (χ2v) is 7.15. The molecule has 5 heteroatoms. The summed E-state index contributed by atoms with van der Waals surface area (Å²) in [6.45, 7) is 5.10. The Hall–Kier alpha value is -0.910. The van der Waals surface area contributed by atoms with Crippen LogP contribution in [0.15, 0.2) is 16.6 Å². The van der Waals surface area contributed by atoms with Gasteiger partial charge in [0.25, 0.3) is 0 Å². The molecular weight excluding hydrogens is 348 g/mol. The molecule has 0 radical (unpaired) electrons. The molecule has 0 amide bonds. The average molecular weight is 369 g/mol. The Labute approximate surface area is 139 Å². The van der Waals surface area contributed by atoms with E-state index in [-0.39, 0.29) is 5.78 Å². The van der Waals surface area contributed by atoms with Crippen molar-refractivity contribution in [1.29, 1.82) is 0 Å². The predicted octanol–water partition coefficient (Wildman–Crippen LogP) is 3.42. The van der Waals surface area contributed by atoms with E-state index in [9.17, 15) is 4.79 Å². The van der Waals surface area contributed by atoms with E-state index in [1.807, 2.05) is 19.9 Å². The topological polar surface area (TPSA) is 44.8 Å². The average Bonchev–Trinajstić information content (AvgIpc) is 3.06. The van der Waals surface area contributed by atoms with Crippen LogP contribution in [-0.4, -0.2) is 31.9 Å². The van der Waals surface area contributed by atoms with E-state index in [2.05, 4.69) is 22.0 Å². The number of aryl methyl sites for hydroxylation is 1. The number of hydrogen-bond donors (Lipinski definition) is 0. The summed E-state index contributed by atoms with van der Waals surface area (Å²) in [7, 11) is 1.66. The zero-order valence-corrected chi connectivity index (χ0v) is 14.8. The lowest BCUT2D eigenvalue weighted by Crippen LogP contribution is -2.48. The number of benzene rings is 1. The summed E-state index contributed by atoms with van der Waals surface area (Å²) in [4.78, 5) is 12.6. The highest BCUT2D eigenvalue weighted by Crippen LogP contribution is 2.51. The number of halogens is 1. The fourth-order valence-corrected chi connectivity index (χ4v) is 4.12. The highest BCUT2D eigenvalue weighted by molar-refractivity contribution is 9.10. The second kappa shape index (κ2) is 5.62. The van der Waals surface area contributed by atoms with E-state index >= 15 is 0 Å². The molecule has 1 unspecified atom stereocenters. The highest BCUT2D eigenvalue weighted by Gasteiger charge is 2.61. The molecule has 120 valence electrons. The lowest BCUT2D eigenvalue weighted by molar-refractivity contribution is -0.213. The van der Waals surface area contributed by atoms with Crippen molar-refractivity contribution in [2.75, 3.05) is 20.3 Å². The van der Waals surface area contributed by atoms with Gasteiger partial charge in [0.15, 0.2) is 5.79 Å². The summed E-state index contributed by atoms with van der Waals surface area (Å²) in [6, 6.07) is 4.03. The molecule has 1 aromatic carbocycles. The van der Waals surface area contributed by atoms with Crippen LogP contribution in [0, 0.1) is 12.3 Å². The van der Waals surface area contributed by atoms with Crippen LogP contribution in [0.4, 0.5) is 0 Å². The van der Waals surface area contributed by atoms with Gasteiger partial charge < -0.3 is 14.2 Å². The van der Waals surface area contributed by atoms with Crippen molar-refractivity contribution in [3.05, 3.63) is 27.7 Å². The molecule has 1 aromatic rings. The standard InChI is InChI=1S/C17H21BrO4/c1-11-8-12(13(18)9-14(11)20-3)10-16(2)15(19)4-5-17(16)21-6-7-22-17/h8-9H,4-7,10H2,1-3H3. The summed E-state index contributed by atoms with van der Waals surface area (Å²) in [5, 5.41) is 0. The smallest absolute Gasteiger partial charge is 0.181 e. The summed E-state index contributed by atoms with van der Waals surface area (Å²) in [5.74, 6) is 0.300. The zero-order chi connectivity index (χ0) is 16.0. The van der Waals surface area contributed by atoms with Gasteiger partial charge in [0.1, 0.15) is 11.5 Å². The Morgan fingerprint density at radius 1 is 1.32 bits per heavy atom. The molecular formula is C17H21BrO4. The molecule has 4 nitrogen and oxygen atoms in total. The molecule has 1 spiro atoms. The monoisotopic (exact) mass is 368 g/mol. The number of carbonyl (C=O) groups excluding carboxylic acids is 1. The first-order valence-corrected chi connectivity index (χ1v) is 8.35. The van der Waals surface area contributed by atoms with Crippen molar-refractivity contribution in [3.63, 3.8) is 0 Å². The van der Waals surface area contributed by atoms with Gasteiger partial charge in [0.05, 0.1) is 25.7 Å². The molecule has 1 heterocycles. The minimum atomic E-state index is -0.753. The molecule has 0 bridgehead atoms. The van der Waals surface area contributed by atoms with Crippen LogP contribution in [0.5, 0.6) is 5.75 Å². The molecule has 2 fully saturated rings. The van der Waals surface area contributed by atoms with E-state index in [1.54, 1.807) is 7.11 Å². The van der Waals surface area contributed by atoms with Gasteiger partial charge in [-0.15, -0.1) is 0 Å². The van der Waals surface area contributed by atoms with Crippen molar-refractivity contribution in [3.8, 4) is 5.75 Å². The minimum absolute atomic E-state index is 0.217. The third-order valence-corrected chi connectivity index (χ3v) is 5.74. The summed E-state index contributed by atoms with van der Waals surface area (Å²) in [6.07, 6.45) is 1.76. The van der Waals surface area contributed by atoms with Crippen LogP contribution < -0.4 is 4.74 Å². The van der Waals surface area contributed by atoms with Gasteiger partial charge in [-0.3, -0.25) is 4.79 Å². The molecule has 1 saturated heterocycles.